The number of phenolic OH excluding ortho intramolecular Hbond substituents is 2. The van der Waals surface area contributed by atoms with Crippen LogP contribution in [-0.4, -0.2) is 53.5 Å². The molecule has 0 radical (unpaired) electrons. The SMILES string of the molecule is COC(=O)c1c2c(c3ccccc3c1O)O[C@H]1c3c(C(=O)OC)c(O)c4ccccc4c3OC13[C@@H]2C(=O)OC3(C)C. The third kappa shape index (κ3) is 2.83. The molecule has 3 atom stereocenters. The number of hydrogen-bond donors (Lipinski definition) is 2. The Labute approximate surface area is 232 Å². The van der Waals surface area contributed by atoms with E-state index < -0.39 is 41.1 Å². The zero-order valence-electron chi connectivity index (χ0n) is 22.4. The third-order valence-electron chi connectivity index (χ3n) is 8.54. The molecule has 4 aromatic carbocycles. The van der Waals surface area contributed by atoms with Crippen LogP contribution in [0.4, 0.5) is 0 Å². The Morgan fingerprint density at radius 1 is 0.756 bits per heavy atom. The zero-order valence-corrected chi connectivity index (χ0v) is 22.4. The summed E-state index contributed by atoms with van der Waals surface area (Å²) in [7, 11) is 2.36. The highest BCUT2D eigenvalue weighted by Gasteiger charge is 2.76. The summed E-state index contributed by atoms with van der Waals surface area (Å²) >= 11 is 0. The molecule has 1 fully saturated rings. The van der Waals surface area contributed by atoms with Crippen LogP contribution in [0.1, 0.15) is 57.7 Å². The Balaban J connectivity index is 1.66. The highest BCUT2D eigenvalue weighted by molar-refractivity contribution is 6.10. The minimum Gasteiger partial charge on any atom is -0.506 e. The first kappa shape index (κ1) is 25.0. The molecule has 41 heavy (non-hydrogen) atoms. The fraction of sp³-hybridized carbons (Fsp3) is 0.258. The molecule has 1 saturated heterocycles. The molecule has 10 heteroatoms. The molecule has 0 saturated carbocycles. The second-order valence-corrected chi connectivity index (χ2v) is 10.8. The normalized spacial score (nSPS) is 23.0. The quantitative estimate of drug-likeness (QED) is 0.265. The summed E-state index contributed by atoms with van der Waals surface area (Å²) in [5.41, 5.74) is -3.23. The number of benzene rings is 4. The third-order valence-corrected chi connectivity index (χ3v) is 8.54. The Hall–Kier alpha value is -4.99. The number of hydrogen-bond acceptors (Lipinski definition) is 10. The number of methoxy groups -OCH3 is 2. The van der Waals surface area contributed by atoms with E-state index in [-0.39, 0.29) is 45.3 Å². The van der Waals surface area contributed by atoms with Gasteiger partial charge in [-0.2, -0.15) is 0 Å². The smallest absolute Gasteiger partial charge is 0.342 e. The summed E-state index contributed by atoms with van der Waals surface area (Å²) in [6, 6.07) is 13.5. The van der Waals surface area contributed by atoms with E-state index in [0.717, 1.165) is 0 Å². The molecule has 0 aromatic heterocycles. The van der Waals surface area contributed by atoms with Gasteiger partial charge in [0, 0.05) is 27.1 Å². The van der Waals surface area contributed by atoms with E-state index in [1.165, 1.54) is 14.2 Å². The topological polar surface area (TPSA) is 138 Å². The minimum absolute atomic E-state index is 0.0563. The van der Waals surface area contributed by atoms with Gasteiger partial charge in [-0.05, 0) is 13.8 Å². The molecule has 3 aliphatic heterocycles. The van der Waals surface area contributed by atoms with Gasteiger partial charge >= 0.3 is 17.9 Å². The number of rotatable bonds is 2. The number of ether oxygens (including phenoxy) is 5. The van der Waals surface area contributed by atoms with Gasteiger partial charge in [-0.25, -0.2) is 9.59 Å². The van der Waals surface area contributed by atoms with Crippen LogP contribution in [-0.2, 0) is 19.0 Å². The molecule has 0 amide bonds. The molecule has 2 N–H and O–H groups in total. The molecule has 7 rings (SSSR count). The van der Waals surface area contributed by atoms with Crippen LogP contribution in [0.5, 0.6) is 23.0 Å². The van der Waals surface area contributed by atoms with Crippen LogP contribution in [0, 0.1) is 0 Å². The van der Waals surface area contributed by atoms with Crippen molar-refractivity contribution in [3.8, 4) is 23.0 Å². The summed E-state index contributed by atoms with van der Waals surface area (Å²) in [6.07, 6.45) is -1.18. The van der Waals surface area contributed by atoms with E-state index >= 15 is 0 Å². The molecule has 208 valence electrons. The van der Waals surface area contributed by atoms with Crippen molar-refractivity contribution in [2.75, 3.05) is 14.2 Å². The average molecular weight is 557 g/mol. The molecule has 10 nitrogen and oxygen atoms in total. The van der Waals surface area contributed by atoms with Crippen LogP contribution < -0.4 is 9.47 Å². The van der Waals surface area contributed by atoms with E-state index in [0.29, 0.717) is 21.5 Å². The summed E-state index contributed by atoms with van der Waals surface area (Å²) in [5, 5.41) is 24.2. The van der Waals surface area contributed by atoms with Crippen molar-refractivity contribution in [2.24, 2.45) is 0 Å². The predicted molar refractivity (Wildman–Crippen MR) is 144 cm³/mol. The standard InChI is InChI=1S/C31H24O10/c1-30(2)31-21(29(36)41-30)17-18(27(34)37-3)22(32)13-9-5-7-11-15(13)24(17)39-26(31)20-19(28(35)38-4)23(33)14-10-6-8-12-16(14)25(20)40-31/h5-12,21,26,32-33H,1-4H3/t21-,26-,31?/m0/s1. The number of cyclic esters (lactones) is 1. The molecule has 0 bridgehead atoms. The van der Waals surface area contributed by atoms with Crippen LogP contribution in [0.3, 0.4) is 0 Å². The second kappa shape index (κ2) is 8.03. The fourth-order valence-corrected chi connectivity index (χ4v) is 6.79. The van der Waals surface area contributed by atoms with Crippen molar-refractivity contribution >= 4 is 39.5 Å². The van der Waals surface area contributed by atoms with Crippen molar-refractivity contribution in [3.63, 3.8) is 0 Å². The van der Waals surface area contributed by atoms with Gasteiger partial charge in [-0.3, -0.25) is 4.79 Å². The first-order valence-corrected chi connectivity index (χ1v) is 12.9. The number of aromatic hydroxyl groups is 2. The van der Waals surface area contributed by atoms with E-state index in [2.05, 4.69) is 0 Å². The Bertz CT molecular complexity index is 1870. The first-order valence-electron chi connectivity index (χ1n) is 12.9. The van der Waals surface area contributed by atoms with Crippen LogP contribution in [0.15, 0.2) is 48.5 Å². The molecular weight excluding hydrogens is 532 g/mol. The van der Waals surface area contributed by atoms with E-state index in [4.69, 9.17) is 23.7 Å². The van der Waals surface area contributed by atoms with Gasteiger partial charge in [-0.1, -0.05) is 48.5 Å². The van der Waals surface area contributed by atoms with Gasteiger partial charge in [0.15, 0.2) is 11.7 Å². The lowest BCUT2D eigenvalue weighted by molar-refractivity contribution is -0.154. The van der Waals surface area contributed by atoms with Crippen molar-refractivity contribution in [1.82, 2.24) is 0 Å². The molecule has 0 aliphatic carbocycles. The van der Waals surface area contributed by atoms with Crippen molar-refractivity contribution in [2.45, 2.75) is 37.1 Å². The minimum atomic E-state index is -1.67. The van der Waals surface area contributed by atoms with Gasteiger partial charge in [0.2, 0.25) is 5.60 Å². The molecule has 3 aliphatic rings. The highest BCUT2D eigenvalue weighted by Crippen LogP contribution is 2.68. The predicted octanol–water partition coefficient (Wildman–Crippen LogP) is 4.66. The Kier molecular flexibility index (Phi) is 4.90. The zero-order chi connectivity index (χ0) is 29.0. The van der Waals surface area contributed by atoms with Gasteiger partial charge in [0.05, 0.1) is 19.8 Å². The van der Waals surface area contributed by atoms with Gasteiger partial charge in [0.1, 0.15) is 40.0 Å². The average Bonchev–Trinajstić information content (AvgIpc) is 3.42. The van der Waals surface area contributed by atoms with E-state index in [1.807, 2.05) is 0 Å². The fourth-order valence-electron chi connectivity index (χ4n) is 6.79. The lowest BCUT2D eigenvalue weighted by Crippen LogP contribution is -2.59. The van der Waals surface area contributed by atoms with Gasteiger partial charge in [0.25, 0.3) is 0 Å². The molecular formula is C31H24O10. The lowest BCUT2D eigenvalue weighted by atomic mass is 9.67. The summed E-state index contributed by atoms with van der Waals surface area (Å²) in [5.74, 6) is -4.10. The number of carbonyl (C=O) groups is 3. The number of fused-ring (bicyclic) bond motifs is 8. The van der Waals surface area contributed by atoms with Gasteiger partial charge in [-0.15, -0.1) is 0 Å². The lowest BCUT2D eigenvalue weighted by Gasteiger charge is -2.45. The summed E-state index contributed by atoms with van der Waals surface area (Å²) in [6.45, 7) is 3.30. The van der Waals surface area contributed by atoms with Crippen LogP contribution in [0.25, 0.3) is 21.5 Å². The largest absolute Gasteiger partial charge is 0.506 e. The monoisotopic (exact) mass is 556 g/mol. The molecule has 3 heterocycles. The van der Waals surface area contributed by atoms with Crippen LogP contribution >= 0.6 is 0 Å². The highest BCUT2D eigenvalue weighted by atomic mass is 16.6. The van der Waals surface area contributed by atoms with E-state index in [1.54, 1.807) is 62.4 Å². The van der Waals surface area contributed by atoms with Crippen LogP contribution in [0.2, 0.25) is 0 Å². The number of phenols is 2. The number of esters is 3. The van der Waals surface area contributed by atoms with Crippen molar-refractivity contribution in [1.29, 1.82) is 0 Å². The first-order chi connectivity index (χ1) is 19.6. The number of carbonyl (C=O) groups excluding carboxylic acids is 3. The van der Waals surface area contributed by atoms with Crippen molar-refractivity contribution in [3.05, 3.63) is 70.8 Å². The summed E-state index contributed by atoms with van der Waals surface area (Å²) < 4.78 is 29.5. The molecule has 4 aromatic rings. The molecule has 1 spiro atoms. The van der Waals surface area contributed by atoms with Crippen molar-refractivity contribution < 1.29 is 48.3 Å². The van der Waals surface area contributed by atoms with Gasteiger partial charge < -0.3 is 33.9 Å². The Morgan fingerprint density at radius 2 is 1.24 bits per heavy atom. The second-order valence-electron chi connectivity index (χ2n) is 10.8. The maximum absolute atomic E-state index is 13.9. The summed E-state index contributed by atoms with van der Waals surface area (Å²) in [4.78, 5) is 40.3. The maximum atomic E-state index is 13.9. The Morgan fingerprint density at radius 3 is 1.78 bits per heavy atom. The maximum Gasteiger partial charge on any atom is 0.342 e. The van der Waals surface area contributed by atoms with E-state index in [9.17, 15) is 24.6 Å². The molecule has 1 unspecified atom stereocenters.